The lowest BCUT2D eigenvalue weighted by Gasteiger charge is -2.05. The van der Waals surface area contributed by atoms with Crippen molar-refractivity contribution in [2.75, 3.05) is 0 Å². The number of aryl methyl sites for hydroxylation is 1. The van der Waals surface area contributed by atoms with Crippen LogP contribution >= 0.6 is 11.3 Å². The summed E-state index contributed by atoms with van der Waals surface area (Å²) >= 11 is 1.77. The first kappa shape index (κ1) is 11.2. The van der Waals surface area contributed by atoms with Gasteiger partial charge in [-0.2, -0.15) is 0 Å². The molecule has 18 heavy (non-hydrogen) atoms. The average Bonchev–Trinajstić information content (AvgIpc) is 2.82. The monoisotopic (exact) mass is 255 g/mol. The molecule has 3 heteroatoms. The fourth-order valence-electron chi connectivity index (χ4n) is 2.04. The Morgan fingerprint density at radius 2 is 2.17 bits per heavy atom. The molecule has 0 fully saturated rings. The molecule has 0 saturated carbocycles. The second kappa shape index (κ2) is 4.78. The maximum absolute atomic E-state index is 5.76. The molecule has 2 aromatic heterocycles. The summed E-state index contributed by atoms with van der Waals surface area (Å²) in [5.41, 5.74) is 2.55. The van der Waals surface area contributed by atoms with Gasteiger partial charge < -0.3 is 4.74 Å². The third kappa shape index (κ3) is 2.09. The van der Waals surface area contributed by atoms with Crippen LogP contribution in [0.2, 0.25) is 0 Å². The molecule has 0 aliphatic heterocycles. The Bertz CT molecular complexity index is 661. The first-order valence-corrected chi connectivity index (χ1v) is 6.71. The lowest BCUT2D eigenvalue weighted by atomic mass is 10.1. The van der Waals surface area contributed by atoms with Crippen LogP contribution in [0.3, 0.4) is 0 Å². The van der Waals surface area contributed by atoms with Crippen LogP contribution in [0.15, 0.2) is 48.1 Å². The van der Waals surface area contributed by atoms with Crippen LogP contribution in [0.5, 0.6) is 5.75 Å². The van der Waals surface area contributed by atoms with E-state index < -0.39 is 0 Å². The molecule has 0 N–H and O–H groups in total. The minimum Gasteiger partial charge on any atom is -0.487 e. The minimum atomic E-state index is 0.594. The lowest BCUT2D eigenvalue weighted by Crippen LogP contribution is -1.95. The Morgan fingerprint density at radius 1 is 1.22 bits per heavy atom. The zero-order valence-electron chi connectivity index (χ0n) is 10.1. The first-order chi connectivity index (χ1) is 8.84. The predicted molar refractivity (Wildman–Crippen MR) is 75.1 cm³/mol. The van der Waals surface area contributed by atoms with Gasteiger partial charge in [-0.05, 0) is 36.1 Å². The molecule has 0 saturated heterocycles. The number of fused-ring (bicyclic) bond motifs is 1. The molecule has 1 aromatic carbocycles. The van der Waals surface area contributed by atoms with Crippen molar-refractivity contribution in [3.63, 3.8) is 0 Å². The number of rotatable bonds is 3. The summed E-state index contributed by atoms with van der Waals surface area (Å²) in [7, 11) is 0. The van der Waals surface area contributed by atoms with E-state index in [1.807, 2.05) is 12.1 Å². The van der Waals surface area contributed by atoms with Crippen LogP contribution in [-0.2, 0) is 6.61 Å². The molecule has 0 aliphatic rings. The number of hydrogen-bond donors (Lipinski definition) is 0. The van der Waals surface area contributed by atoms with Gasteiger partial charge in [0.25, 0.3) is 0 Å². The van der Waals surface area contributed by atoms with Crippen molar-refractivity contribution in [1.29, 1.82) is 0 Å². The van der Waals surface area contributed by atoms with Gasteiger partial charge in [0.1, 0.15) is 12.4 Å². The number of pyridine rings is 1. The van der Waals surface area contributed by atoms with Crippen LogP contribution < -0.4 is 4.74 Å². The lowest BCUT2D eigenvalue weighted by molar-refractivity contribution is 0.307. The molecule has 2 heterocycles. The van der Waals surface area contributed by atoms with Gasteiger partial charge in [-0.15, -0.1) is 11.3 Å². The van der Waals surface area contributed by atoms with E-state index in [4.69, 9.17) is 4.74 Å². The molecule has 2 nitrogen and oxygen atoms in total. The van der Waals surface area contributed by atoms with Crippen LogP contribution in [0.25, 0.3) is 10.1 Å². The molecule has 0 bridgehead atoms. The highest BCUT2D eigenvalue weighted by molar-refractivity contribution is 7.17. The molecular weight excluding hydrogens is 242 g/mol. The van der Waals surface area contributed by atoms with E-state index in [1.54, 1.807) is 23.7 Å². The highest BCUT2D eigenvalue weighted by Gasteiger charge is 2.06. The topological polar surface area (TPSA) is 22.1 Å². The fourth-order valence-corrected chi connectivity index (χ4v) is 3.07. The maximum atomic E-state index is 5.76. The minimum absolute atomic E-state index is 0.594. The summed E-state index contributed by atoms with van der Waals surface area (Å²) in [6.45, 7) is 2.74. The number of aromatic nitrogens is 1. The van der Waals surface area contributed by atoms with Gasteiger partial charge in [-0.1, -0.05) is 12.1 Å². The standard InChI is InChI=1S/C15H13NOS/c1-11-4-2-6-14-15(11)12(10-18-14)9-17-13-5-3-7-16-8-13/h2-8,10H,9H2,1H3. The Kier molecular flexibility index (Phi) is 2.99. The second-order valence-electron chi connectivity index (χ2n) is 4.19. The van der Waals surface area contributed by atoms with E-state index in [9.17, 15) is 0 Å². The molecule has 0 unspecified atom stereocenters. The Balaban J connectivity index is 1.87. The number of nitrogens with zero attached hydrogens (tertiary/aromatic N) is 1. The molecule has 0 amide bonds. The van der Waals surface area contributed by atoms with Gasteiger partial charge >= 0.3 is 0 Å². The van der Waals surface area contributed by atoms with Gasteiger partial charge in [0.2, 0.25) is 0 Å². The van der Waals surface area contributed by atoms with Crippen molar-refractivity contribution in [3.05, 3.63) is 59.2 Å². The van der Waals surface area contributed by atoms with Crippen molar-refractivity contribution in [2.45, 2.75) is 13.5 Å². The SMILES string of the molecule is Cc1cccc2scc(COc3cccnc3)c12. The van der Waals surface area contributed by atoms with Crippen LogP contribution in [0.1, 0.15) is 11.1 Å². The number of thiophene rings is 1. The molecular formula is C15H13NOS. The third-order valence-electron chi connectivity index (χ3n) is 2.91. The Labute approximate surface area is 110 Å². The number of hydrogen-bond acceptors (Lipinski definition) is 3. The van der Waals surface area contributed by atoms with Gasteiger partial charge in [-0.3, -0.25) is 4.98 Å². The molecule has 90 valence electrons. The van der Waals surface area contributed by atoms with Gasteiger partial charge in [0.15, 0.2) is 0 Å². The molecule has 0 radical (unpaired) electrons. The van der Waals surface area contributed by atoms with E-state index in [-0.39, 0.29) is 0 Å². The summed E-state index contributed by atoms with van der Waals surface area (Å²) in [5, 5.41) is 3.50. The second-order valence-corrected chi connectivity index (χ2v) is 5.10. The van der Waals surface area contributed by atoms with E-state index in [2.05, 4.69) is 35.5 Å². The van der Waals surface area contributed by atoms with E-state index >= 15 is 0 Å². The normalized spacial score (nSPS) is 10.7. The van der Waals surface area contributed by atoms with Crippen molar-refractivity contribution in [1.82, 2.24) is 4.98 Å². The summed E-state index contributed by atoms with van der Waals surface area (Å²) in [6, 6.07) is 10.2. The smallest absolute Gasteiger partial charge is 0.138 e. The molecule has 3 aromatic rings. The quantitative estimate of drug-likeness (QED) is 0.700. The largest absolute Gasteiger partial charge is 0.487 e. The van der Waals surface area contributed by atoms with Crippen molar-refractivity contribution >= 4 is 21.4 Å². The fraction of sp³-hybridized carbons (Fsp3) is 0.133. The third-order valence-corrected chi connectivity index (χ3v) is 3.91. The molecule has 0 spiro atoms. The molecule has 0 atom stereocenters. The van der Waals surface area contributed by atoms with Crippen molar-refractivity contribution in [2.24, 2.45) is 0 Å². The van der Waals surface area contributed by atoms with Gasteiger partial charge in [0.05, 0.1) is 6.20 Å². The summed E-state index contributed by atoms with van der Waals surface area (Å²) in [4.78, 5) is 4.04. The first-order valence-electron chi connectivity index (χ1n) is 5.83. The van der Waals surface area contributed by atoms with Crippen molar-refractivity contribution in [3.8, 4) is 5.75 Å². The summed E-state index contributed by atoms with van der Waals surface area (Å²) < 4.78 is 7.08. The molecule has 0 aliphatic carbocycles. The summed E-state index contributed by atoms with van der Waals surface area (Å²) in [5.74, 6) is 0.811. The number of benzene rings is 1. The predicted octanol–water partition coefficient (Wildman–Crippen LogP) is 4.18. The molecule has 3 rings (SSSR count). The highest BCUT2D eigenvalue weighted by atomic mass is 32.1. The highest BCUT2D eigenvalue weighted by Crippen LogP contribution is 2.29. The number of ether oxygens (including phenoxy) is 1. The van der Waals surface area contributed by atoms with Gasteiger partial charge in [0, 0.05) is 21.8 Å². The van der Waals surface area contributed by atoms with Crippen LogP contribution in [0, 0.1) is 6.92 Å². The van der Waals surface area contributed by atoms with Gasteiger partial charge in [-0.25, -0.2) is 0 Å². The van der Waals surface area contributed by atoms with E-state index in [1.165, 1.54) is 21.2 Å². The Hall–Kier alpha value is -1.87. The van der Waals surface area contributed by atoms with Crippen molar-refractivity contribution < 1.29 is 4.74 Å². The average molecular weight is 255 g/mol. The zero-order valence-corrected chi connectivity index (χ0v) is 10.9. The van der Waals surface area contributed by atoms with E-state index in [0.29, 0.717) is 6.61 Å². The van der Waals surface area contributed by atoms with E-state index in [0.717, 1.165) is 5.75 Å². The van der Waals surface area contributed by atoms with Crippen LogP contribution in [-0.4, -0.2) is 4.98 Å². The van der Waals surface area contributed by atoms with Crippen LogP contribution in [0.4, 0.5) is 0 Å². The Morgan fingerprint density at radius 3 is 3.00 bits per heavy atom. The summed E-state index contributed by atoms with van der Waals surface area (Å²) in [6.07, 6.45) is 3.48. The zero-order chi connectivity index (χ0) is 12.4. The maximum Gasteiger partial charge on any atom is 0.138 e.